The van der Waals surface area contributed by atoms with Gasteiger partial charge in [-0.3, -0.25) is 19.4 Å². The third-order valence-corrected chi connectivity index (χ3v) is 5.70. The fourth-order valence-electron chi connectivity index (χ4n) is 3.76. The SMILES string of the molecule is C[C@H](CCCN=C(N)N)NC(=O)[C@@H]1CCCN1C(=O)C(CCCCN)NC(=O)[C@@H](N)[C@@H](C)O. The molecule has 12 nitrogen and oxygen atoms in total. The maximum absolute atomic E-state index is 13.3. The summed E-state index contributed by atoms with van der Waals surface area (Å²) in [7, 11) is 0. The van der Waals surface area contributed by atoms with Crippen molar-refractivity contribution in [2.24, 2.45) is 27.9 Å². The lowest BCUT2D eigenvalue weighted by atomic mass is 10.1. The van der Waals surface area contributed by atoms with Gasteiger partial charge in [-0.25, -0.2) is 0 Å². The summed E-state index contributed by atoms with van der Waals surface area (Å²) in [6, 6.07) is -2.68. The van der Waals surface area contributed by atoms with Crippen LogP contribution in [0.25, 0.3) is 0 Å². The van der Waals surface area contributed by atoms with E-state index in [1.165, 1.54) is 11.8 Å². The molecule has 1 unspecified atom stereocenters. The highest BCUT2D eigenvalue weighted by Crippen LogP contribution is 2.20. The van der Waals surface area contributed by atoms with Gasteiger partial charge in [-0.15, -0.1) is 0 Å². The van der Waals surface area contributed by atoms with Crippen molar-refractivity contribution in [2.45, 2.75) is 89.1 Å². The maximum atomic E-state index is 13.3. The number of aliphatic hydroxyl groups excluding tert-OH is 1. The van der Waals surface area contributed by atoms with Gasteiger partial charge in [-0.2, -0.15) is 0 Å². The number of likely N-dealkylation sites (tertiary alicyclic amines) is 1. The van der Waals surface area contributed by atoms with E-state index in [0.717, 1.165) is 0 Å². The van der Waals surface area contributed by atoms with Gasteiger partial charge in [0.25, 0.3) is 0 Å². The standard InChI is InChI=1S/C21H42N8O4/c1-13(7-5-11-26-21(24)25)27-18(31)16-9-6-12-29(16)20(33)15(8-3-4-10-22)28-19(32)17(23)14(2)30/h13-17,30H,3-12,22-23H2,1-2H3,(H,27,31)(H,28,32)(H4,24,25,26)/t13-,14-,15?,16+,17+/m1/s1. The molecular weight excluding hydrogens is 428 g/mol. The molecular formula is C21H42N8O4. The molecule has 3 amide bonds. The Bertz CT molecular complexity index is 669. The highest BCUT2D eigenvalue weighted by atomic mass is 16.3. The van der Waals surface area contributed by atoms with Crippen molar-refractivity contribution in [2.75, 3.05) is 19.6 Å². The molecule has 1 rings (SSSR count). The van der Waals surface area contributed by atoms with Gasteiger partial charge < -0.3 is 43.6 Å². The molecule has 12 heteroatoms. The lowest BCUT2D eigenvalue weighted by Crippen LogP contribution is -2.57. The Morgan fingerprint density at radius 2 is 1.82 bits per heavy atom. The molecule has 190 valence electrons. The highest BCUT2D eigenvalue weighted by Gasteiger charge is 2.38. The molecule has 0 saturated carbocycles. The van der Waals surface area contributed by atoms with Gasteiger partial charge in [0, 0.05) is 19.1 Å². The van der Waals surface area contributed by atoms with E-state index in [1.807, 2.05) is 6.92 Å². The number of hydrogen-bond acceptors (Lipinski definition) is 7. The Morgan fingerprint density at radius 1 is 1.12 bits per heavy atom. The second-order valence-electron chi connectivity index (χ2n) is 8.66. The monoisotopic (exact) mass is 470 g/mol. The number of nitrogens with zero attached hydrogens (tertiary/aromatic N) is 2. The van der Waals surface area contributed by atoms with Crippen LogP contribution in [0.1, 0.15) is 58.8 Å². The third-order valence-electron chi connectivity index (χ3n) is 5.70. The number of amides is 3. The van der Waals surface area contributed by atoms with Crippen LogP contribution < -0.4 is 33.6 Å². The topological polar surface area (TPSA) is 215 Å². The van der Waals surface area contributed by atoms with E-state index in [4.69, 9.17) is 22.9 Å². The molecule has 1 aliphatic rings. The van der Waals surface area contributed by atoms with E-state index < -0.39 is 30.1 Å². The number of carbonyl (C=O) groups is 3. The molecule has 33 heavy (non-hydrogen) atoms. The molecule has 1 saturated heterocycles. The molecule has 1 heterocycles. The van der Waals surface area contributed by atoms with E-state index >= 15 is 0 Å². The molecule has 5 atom stereocenters. The van der Waals surface area contributed by atoms with Crippen molar-refractivity contribution in [1.29, 1.82) is 0 Å². The second kappa shape index (κ2) is 14.7. The number of hydrogen-bond donors (Lipinski definition) is 7. The molecule has 0 radical (unpaired) electrons. The Kier molecular flexibility index (Phi) is 12.7. The smallest absolute Gasteiger partial charge is 0.245 e. The zero-order valence-corrected chi connectivity index (χ0v) is 19.8. The summed E-state index contributed by atoms with van der Waals surface area (Å²) >= 11 is 0. The number of aliphatic imine (C=N–C) groups is 1. The van der Waals surface area contributed by atoms with Gasteiger partial charge in [0.15, 0.2) is 5.96 Å². The first-order chi connectivity index (χ1) is 15.6. The molecule has 0 aliphatic carbocycles. The minimum atomic E-state index is -1.15. The highest BCUT2D eigenvalue weighted by molar-refractivity contribution is 5.93. The van der Waals surface area contributed by atoms with Gasteiger partial charge in [0.05, 0.1) is 6.10 Å². The summed E-state index contributed by atoms with van der Waals surface area (Å²) in [6.07, 6.45) is 3.31. The van der Waals surface area contributed by atoms with Gasteiger partial charge in [0.2, 0.25) is 17.7 Å². The van der Waals surface area contributed by atoms with Crippen LogP contribution in [0.2, 0.25) is 0 Å². The summed E-state index contributed by atoms with van der Waals surface area (Å²) in [4.78, 5) is 44.0. The van der Waals surface area contributed by atoms with E-state index in [0.29, 0.717) is 64.6 Å². The lowest BCUT2D eigenvalue weighted by Gasteiger charge is -2.30. The first kappa shape index (κ1) is 28.6. The number of carbonyl (C=O) groups excluding carboxylic acids is 3. The molecule has 1 aliphatic heterocycles. The number of nitrogens with two attached hydrogens (primary N) is 4. The van der Waals surface area contributed by atoms with Crippen LogP contribution in [0.15, 0.2) is 4.99 Å². The second-order valence-corrected chi connectivity index (χ2v) is 8.66. The average Bonchev–Trinajstić information content (AvgIpc) is 3.24. The summed E-state index contributed by atoms with van der Waals surface area (Å²) in [5.74, 6) is -1.11. The Labute approximate surface area is 195 Å². The molecule has 1 fully saturated rings. The maximum Gasteiger partial charge on any atom is 0.245 e. The number of nitrogens with one attached hydrogen (secondary N) is 2. The van der Waals surface area contributed by atoms with E-state index in [1.54, 1.807) is 0 Å². The number of unbranched alkanes of at least 4 members (excludes halogenated alkanes) is 1. The first-order valence-corrected chi connectivity index (χ1v) is 11.7. The van der Waals surface area contributed by atoms with Crippen LogP contribution in [0.5, 0.6) is 0 Å². The van der Waals surface area contributed by atoms with Gasteiger partial charge in [-0.05, 0) is 65.3 Å². The molecule has 0 aromatic heterocycles. The average molecular weight is 471 g/mol. The van der Waals surface area contributed by atoms with Gasteiger partial charge >= 0.3 is 0 Å². The van der Waals surface area contributed by atoms with Crippen LogP contribution in [-0.2, 0) is 14.4 Å². The molecule has 0 aromatic rings. The first-order valence-electron chi connectivity index (χ1n) is 11.7. The molecule has 11 N–H and O–H groups in total. The fourth-order valence-corrected chi connectivity index (χ4v) is 3.76. The minimum absolute atomic E-state index is 0.0364. The van der Waals surface area contributed by atoms with E-state index in [-0.39, 0.29) is 23.8 Å². The normalized spacial score (nSPS) is 19.3. The van der Waals surface area contributed by atoms with Crippen LogP contribution in [-0.4, -0.2) is 83.6 Å². The van der Waals surface area contributed by atoms with Gasteiger partial charge in [-0.1, -0.05) is 0 Å². The summed E-state index contributed by atoms with van der Waals surface area (Å²) in [5.41, 5.74) is 21.9. The Balaban J connectivity index is 2.77. The molecule has 0 aromatic carbocycles. The largest absolute Gasteiger partial charge is 0.391 e. The fraction of sp³-hybridized carbons (Fsp3) is 0.810. The Morgan fingerprint density at radius 3 is 2.42 bits per heavy atom. The minimum Gasteiger partial charge on any atom is -0.391 e. The number of guanidine groups is 1. The van der Waals surface area contributed by atoms with E-state index in [9.17, 15) is 19.5 Å². The van der Waals surface area contributed by atoms with Gasteiger partial charge in [0.1, 0.15) is 18.1 Å². The summed E-state index contributed by atoms with van der Waals surface area (Å²) < 4.78 is 0. The predicted molar refractivity (Wildman–Crippen MR) is 127 cm³/mol. The molecule has 0 bridgehead atoms. The molecule has 0 spiro atoms. The van der Waals surface area contributed by atoms with Crippen molar-refractivity contribution >= 4 is 23.7 Å². The third kappa shape index (κ3) is 9.93. The van der Waals surface area contributed by atoms with Crippen molar-refractivity contribution in [3.63, 3.8) is 0 Å². The number of rotatable bonds is 14. The van der Waals surface area contributed by atoms with Crippen LogP contribution in [0.3, 0.4) is 0 Å². The Hall–Kier alpha value is -2.44. The van der Waals surface area contributed by atoms with Crippen molar-refractivity contribution in [3.05, 3.63) is 0 Å². The predicted octanol–water partition coefficient (Wildman–Crippen LogP) is -2.14. The van der Waals surface area contributed by atoms with Crippen LogP contribution >= 0.6 is 0 Å². The van der Waals surface area contributed by atoms with Crippen LogP contribution in [0.4, 0.5) is 0 Å². The zero-order chi connectivity index (χ0) is 25.0. The van der Waals surface area contributed by atoms with Crippen LogP contribution in [0, 0.1) is 0 Å². The quantitative estimate of drug-likeness (QED) is 0.0842. The van der Waals surface area contributed by atoms with Crippen molar-refractivity contribution < 1.29 is 19.5 Å². The van der Waals surface area contributed by atoms with Crippen molar-refractivity contribution in [1.82, 2.24) is 15.5 Å². The number of aliphatic hydroxyl groups is 1. The van der Waals surface area contributed by atoms with E-state index in [2.05, 4.69) is 15.6 Å². The van der Waals surface area contributed by atoms with Crippen molar-refractivity contribution in [3.8, 4) is 0 Å². The summed E-state index contributed by atoms with van der Waals surface area (Å²) in [5, 5.41) is 15.2. The lowest BCUT2D eigenvalue weighted by molar-refractivity contribution is -0.142. The summed E-state index contributed by atoms with van der Waals surface area (Å²) in [6.45, 7) is 4.69. The zero-order valence-electron chi connectivity index (χ0n) is 19.8.